The molecule has 2 heterocycles. The Balaban J connectivity index is 0.00000121. The Kier molecular flexibility index (Phi) is 6.78. The Morgan fingerprint density at radius 3 is 2.50 bits per heavy atom. The Morgan fingerprint density at radius 1 is 1.00 bits per heavy atom. The highest BCUT2D eigenvalue weighted by Crippen LogP contribution is 2.32. The maximum Gasteiger partial charge on any atom is 0.147 e. The molecule has 26 heavy (non-hydrogen) atoms. The minimum Gasteiger partial charge on any atom is -0.333 e. The molecule has 1 N–H and O–H groups in total. The summed E-state index contributed by atoms with van der Waals surface area (Å²) in [5.41, 5.74) is 4.55. The Bertz CT molecular complexity index is 940. The SMILES string of the molecule is Cl.Cl.O=C=C1CNCCN1c1cc(-c2ccccc2)nc2ccccc12. The number of carbonyl (C=O) groups excluding carboxylic acids is 1. The van der Waals surface area contributed by atoms with E-state index in [0.717, 1.165) is 40.9 Å². The van der Waals surface area contributed by atoms with Gasteiger partial charge in [-0.2, -0.15) is 0 Å². The molecule has 1 aliphatic rings. The molecule has 0 spiro atoms. The lowest BCUT2D eigenvalue weighted by Gasteiger charge is -2.31. The van der Waals surface area contributed by atoms with E-state index in [-0.39, 0.29) is 24.8 Å². The van der Waals surface area contributed by atoms with E-state index >= 15 is 0 Å². The van der Waals surface area contributed by atoms with Gasteiger partial charge in [-0.15, -0.1) is 24.8 Å². The van der Waals surface area contributed by atoms with E-state index in [1.807, 2.05) is 36.4 Å². The third kappa shape index (κ3) is 3.74. The number of para-hydroxylation sites is 1. The van der Waals surface area contributed by atoms with Gasteiger partial charge in [0.05, 0.1) is 16.9 Å². The number of piperazine rings is 1. The minimum atomic E-state index is 0. The van der Waals surface area contributed by atoms with Crippen LogP contribution in [0.1, 0.15) is 0 Å². The predicted octanol–water partition coefficient (Wildman–Crippen LogP) is 3.87. The number of nitrogens with one attached hydrogen (secondary N) is 1. The van der Waals surface area contributed by atoms with Gasteiger partial charge in [0.1, 0.15) is 11.6 Å². The largest absolute Gasteiger partial charge is 0.333 e. The van der Waals surface area contributed by atoms with Crippen LogP contribution in [0.3, 0.4) is 0 Å². The van der Waals surface area contributed by atoms with Crippen molar-refractivity contribution in [2.75, 3.05) is 24.5 Å². The average Bonchev–Trinajstić information content (AvgIpc) is 2.68. The van der Waals surface area contributed by atoms with E-state index in [1.54, 1.807) is 0 Å². The zero-order valence-corrected chi connectivity index (χ0v) is 15.6. The number of hydrogen-bond acceptors (Lipinski definition) is 4. The molecule has 134 valence electrons. The molecule has 1 aliphatic heterocycles. The average molecular weight is 388 g/mol. The molecule has 1 fully saturated rings. The van der Waals surface area contributed by atoms with Gasteiger partial charge in [-0.3, -0.25) is 0 Å². The van der Waals surface area contributed by atoms with Crippen molar-refractivity contribution in [3.8, 4) is 11.3 Å². The lowest BCUT2D eigenvalue weighted by Crippen LogP contribution is -2.42. The summed E-state index contributed by atoms with van der Waals surface area (Å²) in [6.45, 7) is 2.12. The monoisotopic (exact) mass is 387 g/mol. The zero-order chi connectivity index (χ0) is 16.4. The summed E-state index contributed by atoms with van der Waals surface area (Å²) in [5.74, 6) is 2.09. The topological polar surface area (TPSA) is 45.2 Å². The van der Waals surface area contributed by atoms with Crippen molar-refractivity contribution in [2.45, 2.75) is 0 Å². The zero-order valence-electron chi connectivity index (χ0n) is 14.0. The second-order valence-electron chi connectivity index (χ2n) is 5.79. The molecule has 2 aromatic carbocycles. The van der Waals surface area contributed by atoms with Crippen LogP contribution in [-0.2, 0) is 4.79 Å². The van der Waals surface area contributed by atoms with Crippen LogP contribution in [-0.4, -0.2) is 30.6 Å². The molecule has 0 amide bonds. The number of hydrogen-bond donors (Lipinski definition) is 1. The van der Waals surface area contributed by atoms with E-state index in [4.69, 9.17) is 4.98 Å². The summed E-state index contributed by atoms with van der Waals surface area (Å²) < 4.78 is 0. The second-order valence-corrected chi connectivity index (χ2v) is 5.79. The molecule has 6 heteroatoms. The van der Waals surface area contributed by atoms with Crippen molar-refractivity contribution in [2.24, 2.45) is 0 Å². The summed E-state index contributed by atoms with van der Waals surface area (Å²) >= 11 is 0. The van der Waals surface area contributed by atoms with Crippen LogP contribution in [0.5, 0.6) is 0 Å². The molecule has 4 rings (SSSR count). The Labute approximate surface area is 164 Å². The third-order valence-corrected chi connectivity index (χ3v) is 4.30. The molecule has 3 aromatic rings. The first kappa shape index (κ1) is 20.0. The molecule has 0 bridgehead atoms. The van der Waals surface area contributed by atoms with Gasteiger partial charge in [0, 0.05) is 30.6 Å². The first-order valence-corrected chi connectivity index (χ1v) is 8.04. The van der Waals surface area contributed by atoms with Crippen molar-refractivity contribution in [3.05, 3.63) is 66.4 Å². The molecular formula is C20H19Cl2N3O. The fraction of sp³-hybridized carbons (Fsp3) is 0.150. The highest BCUT2D eigenvalue weighted by molar-refractivity contribution is 5.95. The van der Waals surface area contributed by atoms with Crippen molar-refractivity contribution >= 4 is 47.3 Å². The van der Waals surface area contributed by atoms with Crippen LogP contribution in [0.25, 0.3) is 22.2 Å². The molecular weight excluding hydrogens is 369 g/mol. The lowest BCUT2D eigenvalue weighted by atomic mass is 10.1. The maximum atomic E-state index is 11.4. The fourth-order valence-corrected chi connectivity index (χ4v) is 3.12. The number of benzene rings is 2. The highest BCUT2D eigenvalue weighted by atomic mass is 35.5. The maximum absolute atomic E-state index is 11.4. The van der Waals surface area contributed by atoms with Gasteiger partial charge in [0.15, 0.2) is 0 Å². The van der Waals surface area contributed by atoms with E-state index in [9.17, 15) is 4.79 Å². The van der Waals surface area contributed by atoms with Gasteiger partial charge in [0.2, 0.25) is 0 Å². The first-order valence-electron chi connectivity index (χ1n) is 8.04. The predicted molar refractivity (Wildman–Crippen MR) is 111 cm³/mol. The summed E-state index contributed by atoms with van der Waals surface area (Å²) in [6, 6.07) is 20.2. The van der Waals surface area contributed by atoms with Crippen LogP contribution < -0.4 is 10.2 Å². The normalized spacial score (nSPS) is 13.5. The molecule has 0 saturated carbocycles. The number of rotatable bonds is 2. The molecule has 1 aromatic heterocycles. The molecule has 0 atom stereocenters. The number of aromatic nitrogens is 1. The van der Waals surface area contributed by atoms with Crippen LogP contribution in [0, 0.1) is 0 Å². The molecule has 4 nitrogen and oxygen atoms in total. The third-order valence-electron chi connectivity index (χ3n) is 4.30. The van der Waals surface area contributed by atoms with Crippen LogP contribution in [0.15, 0.2) is 66.4 Å². The van der Waals surface area contributed by atoms with Crippen molar-refractivity contribution < 1.29 is 4.79 Å². The number of halogens is 2. The van der Waals surface area contributed by atoms with Crippen LogP contribution >= 0.6 is 24.8 Å². The molecule has 0 aliphatic carbocycles. The van der Waals surface area contributed by atoms with Gasteiger partial charge < -0.3 is 10.2 Å². The lowest BCUT2D eigenvalue weighted by molar-refractivity contribution is 0.559. The summed E-state index contributed by atoms with van der Waals surface area (Å²) in [6.07, 6.45) is 0. The van der Waals surface area contributed by atoms with Crippen LogP contribution in [0.2, 0.25) is 0 Å². The van der Waals surface area contributed by atoms with E-state index < -0.39 is 0 Å². The number of anilines is 1. The Morgan fingerprint density at radius 2 is 1.73 bits per heavy atom. The molecule has 1 saturated heterocycles. The number of fused-ring (bicyclic) bond motifs is 1. The van der Waals surface area contributed by atoms with Gasteiger partial charge in [0.25, 0.3) is 0 Å². The Hall–Kier alpha value is -2.36. The number of pyridine rings is 1. The fourth-order valence-electron chi connectivity index (χ4n) is 3.12. The van der Waals surface area contributed by atoms with E-state index in [2.05, 4.69) is 40.4 Å². The summed E-state index contributed by atoms with van der Waals surface area (Å²) in [5, 5.41) is 4.27. The summed E-state index contributed by atoms with van der Waals surface area (Å²) in [7, 11) is 0. The van der Waals surface area contributed by atoms with Crippen molar-refractivity contribution in [3.63, 3.8) is 0 Å². The quantitative estimate of drug-likeness (QED) is 0.677. The molecule has 0 radical (unpaired) electrons. The van der Waals surface area contributed by atoms with Crippen LogP contribution in [0.4, 0.5) is 5.69 Å². The minimum absolute atomic E-state index is 0. The van der Waals surface area contributed by atoms with Crippen molar-refractivity contribution in [1.82, 2.24) is 10.3 Å². The van der Waals surface area contributed by atoms with Gasteiger partial charge in [-0.05, 0) is 12.1 Å². The second kappa shape index (κ2) is 8.84. The van der Waals surface area contributed by atoms with Gasteiger partial charge in [-0.25, -0.2) is 9.78 Å². The van der Waals surface area contributed by atoms with Gasteiger partial charge >= 0.3 is 0 Å². The van der Waals surface area contributed by atoms with Gasteiger partial charge in [-0.1, -0.05) is 48.5 Å². The summed E-state index contributed by atoms with van der Waals surface area (Å²) in [4.78, 5) is 18.2. The van der Waals surface area contributed by atoms with Crippen molar-refractivity contribution in [1.29, 1.82) is 0 Å². The molecule has 0 unspecified atom stereocenters. The first-order chi connectivity index (χ1) is 11.9. The number of nitrogens with zero attached hydrogens (tertiary/aromatic N) is 2. The standard InChI is InChI=1S/C20H17N3O.2ClH/c24-14-16-13-21-10-11-23(16)20-12-19(15-6-2-1-3-7-15)22-18-9-5-4-8-17(18)20;;/h1-9,12,21H,10-11,13H2;2*1H. The highest BCUT2D eigenvalue weighted by Gasteiger charge is 2.20. The van der Waals surface area contributed by atoms with E-state index in [1.165, 1.54) is 0 Å². The smallest absolute Gasteiger partial charge is 0.147 e. The van der Waals surface area contributed by atoms with E-state index in [0.29, 0.717) is 12.2 Å².